The van der Waals surface area contributed by atoms with Crippen molar-refractivity contribution < 1.29 is 4.79 Å². The third-order valence-electron chi connectivity index (χ3n) is 3.30. The molecule has 2 unspecified atom stereocenters. The van der Waals surface area contributed by atoms with Gasteiger partial charge in [0.1, 0.15) is 0 Å². The van der Waals surface area contributed by atoms with Crippen LogP contribution in [-0.4, -0.2) is 50.6 Å². The molecular weight excluding hydrogens is 214 g/mol. The summed E-state index contributed by atoms with van der Waals surface area (Å²) in [5.74, 6) is 0.605. The smallest absolute Gasteiger partial charge is 0.237 e. The van der Waals surface area contributed by atoms with Crippen LogP contribution in [0.3, 0.4) is 0 Å². The van der Waals surface area contributed by atoms with E-state index >= 15 is 0 Å². The van der Waals surface area contributed by atoms with E-state index < -0.39 is 0 Å². The molecule has 0 bridgehead atoms. The number of hydrogen-bond acceptors (Lipinski definition) is 3. The van der Waals surface area contributed by atoms with E-state index in [-0.39, 0.29) is 17.4 Å². The van der Waals surface area contributed by atoms with Crippen molar-refractivity contribution in [1.82, 2.24) is 15.5 Å². The minimum Gasteiger partial charge on any atom is -0.354 e. The van der Waals surface area contributed by atoms with Gasteiger partial charge in [-0.2, -0.15) is 0 Å². The molecule has 1 rings (SSSR count). The van der Waals surface area contributed by atoms with E-state index in [9.17, 15) is 4.79 Å². The molecule has 1 heterocycles. The zero-order chi connectivity index (χ0) is 13.1. The van der Waals surface area contributed by atoms with Crippen molar-refractivity contribution in [1.29, 1.82) is 0 Å². The topological polar surface area (TPSA) is 44.4 Å². The highest BCUT2D eigenvalue weighted by molar-refractivity contribution is 5.82. The minimum absolute atomic E-state index is 0.00477. The first kappa shape index (κ1) is 14.5. The van der Waals surface area contributed by atoms with E-state index in [0.29, 0.717) is 5.92 Å². The molecule has 0 aromatic rings. The third kappa shape index (κ3) is 4.64. The van der Waals surface area contributed by atoms with Crippen LogP contribution in [0, 0.1) is 11.3 Å². The fourth-order valence-corrected chi connectivity index (χ4v) is 2.53. The molecule has 0 spiro atoms. The lowest BCUT2D eigenvalue weighted by Crippen LogP contribution is -2.47. The summed E-state index contributed by atoms with van der Waals surface area (Å²) in [7, 11) is 4.12. The van der Waals surface area contributed by atoms with Gasteiger partial charge in [-0.1, -0.05) is 20.8 Å². The largest absolute Gasteiger partial charge is 0.354 e. The van der Waals surface area contributed by atoms with Crippen LogP contribution >= 0.6 is 0 Å². The molecule has 4 nitrogen and oxygen atoms in total. The minimum atomic E-state index is 0.00477. The van der Waals surface area contributed by atoms with Crippen LogP contribution in [0.4, 0.5) is 0 Å². The van der Waals surface area contributed by atoms with Crippen LogP contribution in [0.5, 0.6) is 0 Å². The molecule has 0 aliphatic carbocycles. The van der Waals surface area contributed by atoms with E-state index in [0.717, 1.165) is 26.1 Å². The maximum atomic E-state index is 12.0. The molecule has 1 amide bonds. The first-order valence-electron chi connectivity index (χ1n) is 6.48. The summed E-state index contributed by atoms with van der Waals surface area (Å²) < 4.78 is 0. The highest BCUT2D eigenvalue weighted by Gasteiger charge is 2.30. The average molecular weight is 241 g/mol. The molecule has 1 saturated heterocycles. The molecule has 2 N–H and O–H groups in total. The van der Waals surface area contributed by atoms with Crippen LogP contribution in [0.15, 0.2) is 0 Å². The molecule has 4 heteroatoms. The lowest BCUT2D eigenvalue weighted by molar-refractivity contribution is -0.124. The number of hydrogen-bond donors (Lipinski definition) is 2. The SMILES string of the molecule is CC1CCNC1C(=O)NCC(C)(C)CN(C)C. The van der Waals surface area contributed by atoms with E-state index in [2.05, 4.69) is 50.4 Å². The monoisotopic (exact) mass is 241 g/mol. The Balaban J connectivity index is 2.37. The fraction of sp³-hybridized carbons (Fsp3) is 0.923. The normalized spacial score (nSPS) is 25.3. The third-order valence-corrected chi connectivity index (χ3v) is 3.30. The zero-order valence-corrected chi connectivity index (χ0v) is 11.8. The first-order valence-corrected chi connectivity index (χ1v) is 6.48. The molecular formula is C13H27N3O. The molecule has 1 aliphatic rings. The number of carbonyl (C=O) groups excluding carboxylic acids is 1. The molecule has 0 aromatic heterocycles. The van der Waals surface area contributed by atoms with Gasteiger partial charge in [0.2, 0.25) is 5.91 Å². The molecule has 0 aromatic carbocycles. The predicted molar refractivity (Wildman–Crippen MR) is 70.9 cm³/mol. The Morgan fingerprint density at radius 1 is 1.47 bits per heavy atom. The average Bonchev–Trinajstić information content (AvgIpc) is 2.59. The highest BCUT2D eigenvalue weighted by Crippen LogP contribution is 2.17. The van der Waals surface area contributed by atoms with Crippen LogP contribution in [0.1, 0.15) is 27.2 Å². The second-order valence-corrected chi connectivity index (χ2v) is 6.32. The molecule has 0 radical (unpaired) electrons. The van der Waals surface area contributed by atoms with Gasteiger partial charge in [-0.3, -0.25) is 4.79 Å². The predicted octanol–water partition coefficient (Wildman–Crippen LogP) is 0.688. The molecule has 100 valence electrons. The van der Waals surface area contributed by atoms with Crippen molar-refractivity contribution in [3.8, 4) is 0 Å². The van der Waals surface area contributed by atoms with Crippen LogP contribution in [0.25, 0.3) is 0 Å². The summed E-state index contributed by atoms with van der Waals surface area (Å²) in [5, 5.41) is 6.33. The Labute approximate surface area is 105 Å². The Hall–Kier alpha value is -0.610. The van der Waals surface area contributed by atoms with E-state index in [1.54, 1.807) is 0 Å². The van der Waals surface area contributed by atoms with Gasteiger partial charge in [0.05, 0.1) is 6.04 Å². The molecule has 1 aliphatic heterocycles. The standard InChI is InChI=1S/C13H27N3O/c1-10-6-7-14-11(10)12(17)15-8-13(2,3)9-16(4)5/h10-11,14H,6-9H2,1-5H3,(H,15,17). The lowest BCUT2D eigenvalue weighted by Gasteiger charge is -2.29. The Kier molecular flexibility index (Phi) is 4.95. The Bertz CT molecular complexity index is 263. The van der Waals surface area contributed by atoms with Gasteiger partial charge in [-0.25, -0.2) is 0 Å². The molecule has 2 atom stereocenters. The number of amides is 1. The van der Waals surface area contributed by atoms with E-state index in [1.807, 2.05) is 0 Å². The number of rotatable bonds is 5. The summed E-state index contributed by atoms with van der Waals surface area (Å²) in [4.78, 5) is 14.2. The van der Waals surface area contributed by atoms with E-state index in [4.69, 9.17) is 0 Å². The van der Waals surface area contributed by atoms with Crippen molar-refractivity contribution in [3.63, 3.8) is 0 Å². The second kappa shape index (κ2) is 5.83. The lowest BCUT2D eigenvalue weighted by atomic mass is 9.92. The highest BCUT2D eigenvalue weighted by atomic mass is 16.2. The van der Waals surface area contributed by atoms with Gasteiger partial charge < -0.3 is 15.5 Å². The van der Waals surface area contributed by atoms with E-state index in [1.165, 1.54) is 0 Å². The maximum Gasteiger partial charge on any atom is 0.237 e. The van der Waals surface area contributed by atoms with Crippen LogP contribution in [0.2, 0.25) is 0 Å². The summed E-state index contributed by atoms with van der Waals surface area (Å²) in [6, 6.07) is 0.00477. The molecule has 1 fully saturated rings. The molecule has 0 saturated carbocycles. The van der Waals surface area contributed by atoms with Crippen molar-refractivity contribution in [2.24, 2.45) is 11.3 Å². The molecule has 17 heavy (non-hydrogen) atoms. The quantitative estimate of drug-likeness (QED) is 0.744. The number of nitrogens with one attached hydrogen (secondary N) is 2. The van der Waals surface area contributed by atoms with Gasteiger partial charge in [-0.15, -0.1) is 0 Å². The summed E-state index contributed by atoms with van der Waals surface area (Å²) in [5.41, 5.74) is 0.112. The summed E-state index contributed by atoms with van der Waals surface area (Å²) >= 11 is 0. The Morgan fingerprint density at radius 2 is 2.12 bits per heavy atom. The second-order valence-electron chi connectivity index (χ2n) is 6.32. The van der Waals surface area contributed by atoms with Gasteiger partial charge in [0, 0.05) is 13.1 Å². The summed E-state index contributed by atoms with van der Waals surface area (Å²) in [6.07, 6.45) is 1.10. The zero-order valence-electron chi connectivity index (χ0n) is 11.8. The van der Waals surface area contributed by atoms with Gasteiger partial charge >= 0.3 is 0 Å². The number of nitrogens with zero attached hydrogens (tertiary/aromatic N) is 1. The van der Waals surface area contributed by atoms with Crippen LogP contribution in [-0.2, 0) is 4.79 Å². The maximum absolute atomic E-state index is 12.0. The van der Waals surface area contributed by atoms with Crippen molar-refractivity contribution in [3.05, 3.63) is 0 Å². The van der Waals surface area contributed by atoms with Crippen LogP contribution < -0.4 is 10.6 Å². The van der Waals surface area contributed by atoms with Gasteiger partial charge in [0.15, 0.2) is 0 Å². The number of carbonyl (C=O) groups is 1. The Morgan fingerprint density at radius 3 is 2.59 bits per heavy atom. The fourth-order valence-electron chi connectivity index (χ4n) is 2.53. The van der Waals surface area contributed by atoms with Gasteiger partial charge in [-0.05, 0) is 38.4 Å². The van der Waals surface area contributed by atoms with Gasteiger partial charge in [0.25, 0.3) is 0 Å². The van der Waals surface area contributed by atoms with Crippen molar-refractivity contribution >= 4 is 5.91 Å². The van der Waals surface area contributed by atoms with Crippen molar-refractivity contribution in [2.45, 2.75) is 33.2 Å². The summed E-state index contributed by atoms with van der Waals surface area (Å²) in [6.45, 7) is 9.16. The van der Waals surface area contributed by atoms with Crippen molar-refractivity contribution in [2.75, 3.05) is 33.7 Å². The first-order chi connectivity index (χ1) is 7.82.